The maximum absolute atomic E-state index is 12.4. The quantitative estimate of drug-likeness (QED) is 0.244. The van der Waals surface area contributed by atoms with E-state index >= 15 is 0 Å². The molecule has 0 radical (unpaired) electrons. The molecule has 4 aliphatic carbocycles. The number of aliphatic hydroxyl groups excluding tert-OH is 4. The second-order valence-corrected chi connectivity index (χ2v) is 14.0. The number of esters is 1. The first-order valence-electron chi connectivity index (χ1n) is 15.2. The van der Waals surface area contributed by atoms with Gasteiger partial charge in [0.1, 0.15) is 31.0 Å². The average Bonchev–Trinajstić information content (AvgIpc) is 3.48. The second kappa shape index (κ2) is 10.3. The van der Waals surface area contributed by atoms with Crippen LogP contribution in [0.4, 0.5) is 0 Å². The Hall–Kier alpha value is -1.11. The summed E-state index contributed by atoms with van der Waals surface area (Å²) in [5.41, 5.74) is 0.0988. The van der Waals surface area contributed by atoms with Gasteiger partial charge in [0, 0.05) is 17.5 Å². The average molecular weight is 566 g/mol. The minimum absolute atomic E-state index is 0.0549. The van der Waals surface area contributed by atoms with Crippen LogP contribution in [0.15, 0.2) is 11.6 Å². The van der Waals surface area contributed by atoms with Crippen molar-refractivity contribution in [2.45, 2.75) is 114 Å². The van der Waals surface area contributed by atoms with Crippen molar-refractivity contribution in [2.75, 3.05) is 20.3 Å². The van der Waals surface area contributed by atoms with Crippen molar-refractivity contribution in [3.8, 4) is 0 Å². The van der Waals surface area contributed by atoms with Crippen molar-refractivity contribution >= 4 is 5.97 Å². The van der Waals surface area contributed by atoms with E-state index in [4.69, 9.17) is 14.3 Å². The molecule has 10 nitrogen and oxygen atoms in total. The first-order valence-corrected chi connectivity index (χ1v) is 15.2. The van der Waals surface area contributed by atoms with Gasteiger partial charge in [0.25, 0.3) is 0 Å². The highest BCUT2D eigenvalue weighted by Crippen LogP contribution is 2.70. The van der Waals surface area contributed by atoms with E-state index in [0.29, 0.717) is 18.4 Å². The summed E-state index contributed by atoms with van der Waals surface area (Å²) in [6, 6.07) is -0.0549. The molecule has 0 spiro atoms. The van der Waals surface area contributed by atoms with Crippen LogP contribution in [0.2, 0.25) is 0 Å². The lowest BCUT2D eigenvalue weighted by atomic mass is 9.43. The van der Waals surface area contributed by atoms with E-state index in [1.807, 2.05) is 0 Å². The van der Waals surface area contributed by atoms with Crippen molar-refractivity contribution in [2.24, 2.45) is 34.5 Å². The lowest BCUT2D eigenvalue weighted by Gasteiger charge is -2.64. The van der Waals surface area contributed by atoms with E-state index in [2.05, 4.69) is 13.8 Å². The number of hydrogen-bond acceptors (Lipinski definition) is 10. The summed E-state index contributed by atoms with van der Waals surface area (Å²) < 4.78 is 11.1. The maximum Gasteiger partial charge on any atom is 0.331 e. The first kappa shape index (κ1) is 29.0. The molecule has 226 valence electrons. The van der Waals surface area contributed by atoms with Gasteiger partial charge in [-0.15, -0.1) is 0 Å². The Kier molecular flexibility index (Phi) is 7.43. The van der Waals surface area contributed by atoms with Crippen molar-refractivity contribution in [1.82, 2.24) is 5.06 Å². The minimum Gasteiger partial charge on any atom is -0.458 e. The molecule has 10 heteroatoms. The normalized spacial score (nSPS) is 52.5. The summed E-state index contributed by atoms with van der Waals surface area (Å²) in [4.78, 5) is 17.6. The predicted octanol–water partition coefficient (Wildman–Crippen LogP) is 1.28. The largest absolute Gasteiger partial charge is 0.458 e. The molecule has 0 bridgehead atoms. The Balaban J connectivity index is 1.19. The fourth-order valence-electron chi connectivity index (χ4n) is 10.4. The van der Waals surface area contributed by atoms with Crippen molar-refractivity contribution in [3.63, 3.8) is 0 Å². The standard InChI is InChI=1S/C30H47NO9/c1-28-9-6-18(31(38-3)27-26(36)25(35)24(34)22(14-32)40-27)13-17(28)4-5-21-20(28)7-10-29(2)19(8-11-30(21,29)37)16-12-23(33)39-15-16/h12,17-22,24-27,32,34-37H,4-11,13-15H2,1-3H3/t17?,18-,19+,20?,21?,22+,24-,25-,26+,27?,28-,29+,30-/m0/s1. The highest BCUT2D eigenvalue weighted by Gasteiger charge is 2.68. The van der Waals surface area contributed by atoms with Gasteiger partial charge in [0.2, 0.25) is 0 Å². The molecular weight excluding hydrogens is 518 g/mol. The number of cyclic esters (lactones) is 1. The van der Waals surface area contributed by atoms with Gasteiger partial charge in [0.05, 0.1) is 19.3 Å². The number of ether oxygens (including phenoxy) is 2. The van der Waals surface area contributed by atoms with E-state index in [1.165, 1.54) is 7.11 Å². The number of carbonyl (C=O) groups is 1. The maximum atomic E-state index is 12.4. The molecule has 0 aromatic carbocycles. The van der Waals surface area contributed by atoms with Gasteiger partial charge >= 0.3 is 5.97 Å². The van der Waals surface area contributed by atoms with Crippen molar-refractivity contribution < 1.29 is 44.6 Å². The molecule has 0 aromatic heterocycles. The third-order valence-corrected chi connectivity index (χ3v) is 12.6. The van der Waals surface area contributed by atoms with Gasteiger partial charge in [-0.1, -0.05) is 13.8 Å². The van der Waals surface area contributed by atoms with E-state index in [1.54, 1.807) is 11.1 Å². The number of carbonyl (C=O) groups excluding carboxylic acids is 1. The van der Waals surface area contributed by atoms with Crippen LogP contribution < -0.4 is 0 Å². The Morgan fingerprint density at radius 2 is 1.77 bits per heavy atom. The molecule has 1 saturated heterocycles. The molecule has 5 fully saturated rings. The van der Waals surface area contributed by atoms with E-state index in [0.717, 1.165) is 63.4 Å². The zero-order valence-electron chi connectivity index (χ0n) is 23.9. The summed E-state index contributed by atoms with van der Waals surface area (Å²) in [6.07, 6.45) is 3.63. The Bertz CT molecular complexity index is 1020. The van der Waals surface area contributed by atoms with Crippen LogP contribution >= 0.6 is 0 Å². The fourth-order valence-corrected chi connectivity index (χ4v) is 10.4. The van der Waals surface area contributed by atoms with Crippen LogP contribution in [-0.4, -0.2) is 99.2 Å². The van der Waals surface area contributed by atoms with E-state index in [9.17, 15) is 30.3 Å². The van der Waals surface area contributed by atoms with Gasteiger partial charge in [-0.2, -0.15) is 5.06 Å². The SMILES string of the molecule is CON(C1O[C@H](CO)[C@H](O)[C@H](O)[C@H]1O)[C@H]1CC[C@@]2(C)C(CCC3C2CC[C@]2(C)[C@@H](C4=CC(=O)OC4)CC[C@]32O)C1. The molecule has 0 amide bonds. The van der Waals surface area contributed by atoms with Gasteiger partial charge in [-0.3, -0.25) is 4.84 Å². The molecule has 0 aromatic rings. The molecule has 4 unspecified atom stereocenters. The predicted molar refractivity (Wildman–Crippen MR) is 142 cm³/mol. The highest BCUT2D eigenvalue weighted by molar-refractivity contribution is 5.85. The number of fused-ring (bicyclic) bond motifs is 5. The summed E-state index contributed by atoms with van der Waals surface area (Å²) in [7, 11) is 1.53. The van der Waals surface area contributed by atoms with Gasteiger partial charge in [-0.25, -0.2) is 4.79 Å². The summed E-state index contributed by atoms with van der Waals surface area (Å²) in [5.74, 6) is 0.949. The van der Waals surface area contributed by atoms with Crippen LogP contribution in [-0.2, 0) is 19.1 Å². The van der Waals surface area contributed by atoms with Crippen molar-refractivity contribution in [1.29, 1.82) is 0 Å². The Labute approximate surface area is 236 Å². The summed E-state index contributed by atoms with van der Waals surface area (Å²) >= 11 is 0. The van der Waals surface area contributed by atoms with Crippen LogP contribution in [0.1, 0.15) is 71.6 Å². The molecule has 4 saturated carbocycles. The van der Waals surface area contributed by atoms with Gasteiger partial charge < -0.3 is 35.0 Å². The van der Waals surface area contributed by atoms with Crippen LogP contribution in [0.3, 0.4) is 0 Å². The van der Waals surface area contributed by atoms with Crippen LogP contribution in [0.25, 0.3) is 0 Å². The third-order valence-electron chi connectivity index (χ3n) is 12.6. The number of nitrogens with zero attached hydrogens (tertiary/aromatic N) is 1. The summed E-state index contributed by atoms with van der Waals surface area (Å²) in [6.45, 7) is 4.53. The van der Waals surface area contributed by atoms with Crippen LogP contribution in [0, 0.1) is 34.5 Å². The zero-order chi connectivity index (χ0) is 28.6. The van der Waals surface area contributed by atoms with Gasteiger partial charge in [0.15, 0.2) is 6.23 Å². The molecule has 13 atom stereocenters. The highest BCUT2D eigenvalue weighted by atomic mass is 16.7. The lowest BCUT2D eigenvalue weighted by molar-refractivity contribution is -0.344. The smallest absolute Gasteiger partial charge is 0.331 e. The first-order chi connectivity index (χ1) is 19.0. The summed E-state index contributed by atoms with van der Waals surface area (Å²) in [5, 5.41) is 55.1. The monoisotopic (exact) mass is 565 g/mol. The lowest BCUT2D eigenvalue weighted by Crippen LogP contribution is -2.66. The molecule has 40 heavy (non-hydrogen) atoms. The number of hydrogen-bond donors (Lipinski definition) is 5. The third kappa shape index (κ3) is 4.08. The molecule has 2 heterocycles. The molecule has 6 rings (SSSR count). The zero-order valence-corrected chi connectivity index (χ0v) is 23.9. The van der Waals surface area contributed by atoms with E-state index < -0.39 is 42.9 Å². The Morgan fingerprint density at radius 3 is 2.45 bits per heavy atom. The number of aliphatic hydroxyl groups is 5. The second-order valence-electron chi connectivity index (χ2n) is 14.0. The number of rotatable bonds is 5. The molecule has 6 aliphatic rings. The van der Waals surface area contributed by atoms with E-state index in [-0.39, 0.29) is 34.7 Å². The van der Waals surface area contributed by atoms with Crippen LogP contribution in [0.5, 0.6) is 0 Å². The van der Waals surface area contributed by atoms with Gasteiger partial charge in [-0.05, 0) is 92.4 Å². The molecule has 2 aliphatic heterocycles. The van der Waals surface area contributed by atoms with Crippen molar-refractivity contribution in [3.05, 3.63) is 11.6 Å². The molecule has 5 N–H and O–H groups in total. The minimum atomic E-state index is -1.45. The topological polar surface area (TPSA) is 149 Å². The Morgan fingerprint density at radius 1 is 1.00 bits per heavy atom. The number of hydroxylamine groups is 2. The molecular formula is C30H47NO9. The fraction of sp³-hybridized carbons (Fsp3) is 0.900.